The molecular formula is C10H17F3N2O. The van der Waals surface area contributed by atoms with Crippen LogP contribution in [0.1, 0.15) is 26.2 Å². The van der Waals surface area contributed by atoms with Crippen LogP contribution in [0.25, 0.3) is 0 Å². The molecular weight excluding hydrogens is 221 g/mol. The number of carbonyl (C=O) groups excluding carboxylic acids is 1. The minimum Gasteiger partial charge on any atom is -0.356 e. The third-order valence-corrected chi connectivity index (χ3v) is 2.84. The lowest BCUT2D eigenvalue weighted by atomic mass is 9.89. The van der Waals surface area contributed by atoms with E-state index in [-0.39, 0.29) is 18.9 Å². The van der Waals surface area contributed by atoms with Gasteiger partial charge in [-0.25, -0.2) is 0 Å². The van der Waals surface area contributed by atoms with Crippen molar-refractivity contribution in [1.29, 1.82) is 0 Å². The van der Waals surface area contributed by atoms with Gasteiger partial charge in [-0.05, 0) is 26.3 Å². The van der Waals surface area contributed by atoms with E-state index in [1.165, 1.54) is 0 Å². The highest BCUT2D eigenvalue weighted by Crippen LogP contribution is 2.24. The average Bonchev–Trinajstić information content (AvgIpc) is 2.59. The third kappa shape index (κ3) is 4.00. The second-order valence-electron chi connectivity index (χ2n) is 4.46. The van der Waals surface area contributed by atoms with E-state index in [0.29, 0.717) is 6.54 Å². The number of hydrogen-bond donors (Lipinski definition) is 2. The number of rotatable bonds is 4. The molecule has 0 aromatic carbocycles. The van der Waals surface area contributed by atoms with Gasteiger partial charge in [0.1, 0.15) is 0 Å². The highest BCUT2D eigenvalue weighted by molar-refractivity contribution is 5.82. The van der Waals surface area contributed by atoms with Gasteiger partial charge >= 0.3 is 6.18 Å². The molecule has 0 spiro atoms. The van der Waals surface area contributed by atoms with Crippen LogP contribution in [0.15, 0.2) is 0 Å². The fourth-order valence-corrected chi connectivity index (χ4v) is 1.71. The van der Waals surface area contributed by atoms with Crippen molar-refractivity contribution in [1.82, 2.24) is 10.6 Å². The number of alkyl halides is 3. The Balaban J connectivity index is 2.20. The Morgan fingerprint density at radius 3 is 2.69 bits per heavy atom. The van der Waals surface area contributed by atoms with Crippen LogP contribution in [-0.4, -0.2) is 31.7 Å². The van der Waals surface area contributed by atoms with Crippen molar-refractivity contribution in [2.75, 3.05) is 19.6 Å². The van der Waals surface area contributed by atoms with E-state index in [4.69, 9.17) is 0 Å². The number of carbonyl (C=O) groups is 1. The normalized spacial score (nSPS) is 25.8. The molecule has 1 unspecified atom stereocenters. The van der Waals surface area contributed by atoms with Gasteiger partial charge in [0.05, 0.1) is 5.41 Å². The topological polar surface area (TPSA) is 41.1 Å². The van der Waals surface area contributed by atoms with E-state index in [1.807, 2.05) is 6.92 Å². The zero-order chi connectivity index (χ0) is 12.2. The first-order valence-electron chi connectivity index (χ1n) is 5.39. The Hall–Kier alpha value is -0.780. The maximum atomic E-state index is 11.8. The number of nitrogens with one attached hydrogen (secondary N) is 2. The van der Waals surface area contributed by atoms with Gasteiger partial charge in [-0.3, -0.25) is 4.79 Å². The predicted molar refractivity (Wildman–Crippen MR) is 53.9 cm³/mol. The van der Waals surface area contributed by atoms with Crippen molar-refractivity contribution < 1.29 is 18.0 Å². The number of halogens is 3. The van der Waals surface area contributed by atoms with Crippen LogP contribution in [0, 0.1) is 5.41 Å². The van der Waals surface area contributed by atoms with Gasteiger partial charge in [-0.15, -0.1) is 0 Å². The second-order valence-corrected chi connectivity index (χ2v) is 4.46. The van der Waals surface area contributed by atoms with Crippen molar-refractivity contribution >= 4 is 5.91 Å². The van der Waals surface area contributed by atoms with E-state index < -0.39 is 18.0 Å². The lowest BCUT2D eigenvalue weighted by Crippen LogP contribution is -2.40. The first-order chi connectivity index (χ1) is 7.33. The summed E-state index contributed by atoms with van der Waals surface area (Å²) in [5.74, 6) is -0.153. The zero-order valence-corrected chi connectivity index (χ0v) is 9.28. The summed E-state index contributed by atoms with van der Waals surface area (Å²) in [6.45, 7) is 3.30. The van der Waals surface area contributed by atoms with Crippen molar-refractivity contribution in [3.8, 4) is 0 Å². The Labute approximate surface area is 92.8 Å². The highest BCUT2D eigenvalue weighted by Gasteiger charge is 2.36. The second kappa shape index (κ2) is 5.03. The first-order valence-corrected chi connectivity index (χ1v) is 5.39. The van der Waals surface area contributed by atoms with Crippen LogP contribution in [0.2, 0.25) is 0 Å². The van der Waals surface area contributed by atoms with Crippen LogP contribution in [0.3, 0.4) is 0 Å². The van der Waals surface area contributed by atoms with Crippen LogP contribution < -0.4 is 10.6 Å². The summed E-state index contributed by atoms with van der Waals surface area (Å²) in [4.78, 5) is 11.7. The van der Waals surface area contributed by atoms with Gasteiger partial charge in [0, 0.05) is 19.5 Å². The van der Waals surface area contributed by atoms with E-state index in [0.717, 1.165) is 13.0 Å². The molecule has 0 saturated carbocycles. The summed E-state index contributed by atoms with van der Waals surface area (Å²) in [6, 6.07) is 0. The molecule has 1 rings (SSSR count). The molecule has 1 fully saturated rings. The summed E-state index contributed by atoms with van der Waals surface area (Å²) in [5.41, 5.74) is -0.460. The van der Waals surface area contributed by atoms with E-state index in [1.54, 1.807) is 0 Å². The fourth-order valence-electron chi connectivity index (χ4n) is 1.71. The summed E-state index contributed by atoms with van der Waals surface area (Å²) in [6.07, 6.45) is -4.30. The largest absolute Gasteiger partial charge is 0.389 e. The molecule has 3 nitrogen and oxygen atoms in total. The molecule has 1 heterocycles. The summed E-state index contributed by atoms with van der Waals surface area (Å²) >= 11 is 0. The lowest BCUT2D eigenvalue weighted by molar-refractivity contribution is -0.137. The Morgan fingerprint density at radius 2 is 2.19 bits per heavy atom. The molecule has 0 aromatic heterocycles. The summed E-state index contributed by atoms with van der Waals surface area (Å²) in [7, 11) is 0. The molecule has 6 heteroatoms. The van der Waals surface area contributed by atoms with Crippen molar-refractivity contribution in [3.05, 3.63) is 0 Å². The van der Waals surface area contributed by atoms with Crippen molar-refractivity contribution in [2.45, 2.75) is 32.4 Å². The van der Waals surface area contributed by atoms with E-state index in [9.17, 15) is 18.0 Å². The van der Waals surface area contributed by atoms with Gasteiger partial charge < -0.3 is 10.6 Å². The van der Waals surface area contributed by atoms with E-state index >= 15 is 0 Å². The molecule has 16 heavy (non-hydrogen) atoms. The van der Waals surface area contributed by atoms with Crippen LogP contribution >= 0.6 is 0 Å². The molecule has 1 atom stereocenters. The van der Waals surface area contributed by atoms with Gasteiger partial charge in [-0.1, -0.05) is 0 Å². The minimum atomic E-state index is -4.14. The number of amides is 1. The van der Waals surface area contributed by atoms with Crippen molar-refractivity contribution in [2.24, 2.45) is 5.41 Å². The monoisotopic (exact) mass is 238 g/mol. The zero-order valence-electron chi connectivity index (χ0n) is 9.28. The third-order valence-electron chi connectivity index (χ3n) is 2.84. The predicted octanol–water partition coefficient (Wildman–Crippen LogP) is 1.44. The van der Waals surface area contributed by atoms with E-state index in [2.05, 4.69) is 10.6 Å². The molecule has 94 valence electrons. The minimum absolute atomic E-state index is 0.0568. The number of hydrogen-bond acceptors (Lipinski definition) is 2. The quantitative estimate of drug-likeness (QED) is 0.728. The van der Waals surface area contributed by atoms with Crippen LogP contribution in [0.5, 0.6) is 0 Å². The Kier molecular flexibility index (Phi) is 4.18. The smallest absolute Gasteiger partial charge is 0.356 e. The first kappa shape index (κ1) is 13.3. The SMILES string of the molecule is CC1(C(=O)NCCCC(F)(F)F)CCNC1. The molecule has 2 N–H and O–H groups in total. The molecule has 0 aromatic rings. The molecule has 0 radical (unpaired) electrons. The van der Waals surface area contributed by atoms with Gasteiger partial charge in [0.2, 0.25) is 5.91 Å². The van der Waals surface area contributed by atoms with Crippen LogP contribution in [0.4, 0.5) is 13.2 Å². The van der Waals surface area contributed by atoms with Gasteiger partial charge in [0.15, 0.2) is 0 Å². The van der Waals surface area contributed by atoms with Gasteiger partial charge in [-0.2, -0.15) is 13.2 Å². The maximum Gasteiger partial charge on any atom is 0.389 e. The molecule has 1 saturated heterocycles. The van der Waals surface area contributed by atoms with Crippen molar-refractivity contribution in [3.63, 3.8) is 0 Å². The van der Waals surface area contributed by atoms with Gasteiger partial charge in [0.25, 0.3) is 0 Å². The maximum absolute atomic E-state index is 11.8. The Morgan fingerprint density at radius 1 is 1.50 bits per heavy atom. The average molecular weight is 238 g/mol. The molecule has 1 aliphatic rings. The van der Waals surface area contributed by atoms with Crippen LogP contribution in [-0.2, 0) is 4.79 Å². The Bertz CT molecular complexity index is 247. The summed E-state index contributed by atoms with van der Waals surface area (Å²) in [5, 5.41) is 5.63. The highest BCUT2D eigenvalue weighted by atomic mass is 19.4. The fraction of sp³-hybridized carbons (Fsp3) is 0.900. The molecule has 1 amide bonds. The lowest BCUT2D eigenvalue weighted by Gasteiger charge is -2.21. The molecule has 0 aliphatic carbocycles. The standard InChI is InChI=1S/C10H17F3N2O/c1-9(4-6-14-7-9)8(16)15-5-2-3-10(11,12)13/h14H,2-7H2,1H3,(H,15,16). The summed E-state index contributed by atoms with van der Waals surface area (Å²) < 4.78 is 35.5. The molecule has 1 aliphatic heterocycles. The molecule has 0 bridgehead atoms.